The normalized spacial score (nSPS) is 9.94. The van der Waals surface area contributed by atoms with E-state index in [1.165, 1.54) is 12.1 Å². The zero-order valence-corrected chi connectivity index (χ0v) is 9.61. The lowest BCUT2D eigenvalue weighted by molar-refractivity contribution is 0.102. The molecule has 86 valence electrons. The van der Waals surface area contributed by atoms with Crippen molar-refractivity contribution < 1.29 is 9.90 Å². The van der Waals surface area contributed by atoms with Gasteiger partial charge in [0, 0.05) is 16.3 Å². The van der Waals surface area contributed by atoms with Crippen molar-refractivity contribution >= 4 is 23.2 Å². The molecule has 2 aromatic carbocycles. The topological polar surface area (TPSA) is 49.3 Å². The second kappa shape index (κ2) is 4.89. The van der Waals surface area contributed by atoms with E-state index in [1.807, 2.05) is 0 Å². The molecule has 4 heteroatoms. The molecule has 2 N–H and O–H groups in total. The van der Waals surface area contributed by atoms with Crippen molar-refractivity contribution in [3.05, 3.63) is 59.1 Å². The zero-order valence-electron chi connectivity index (χ0n) is 8.85. The molecule has 0 spiro atoms. The van der Waals surface area contributed by atoms with Gasteiger partial charge in [0.25, 0.3) is 5.91 Å². The molecular formula is C13H10ClNO2. The van der Waals surface area contributed by atoms with Crippen LogP contribution in [0.2, 0.25) is 5.02 Å². The standard InChI is InChI=1S/C13H10ClNO2/c14-10-3-5-11(6-4-10)15-13(17)9-1-7-12(16)8-2-9/h1-8,16H,(H,15,17). The Morgan fingerprint density at radius 3 is 2.18 bits per heavy atom. The fourth-order valence-corrected chi connectivity index (χ4v) is 1.48. The molecule has 2 rings (SSSR count). The number of aromatic hydroxyl groups is 1. The molecule has 3 nitrogen and oxygen atoms in total. The Morgan fingerprint density at radius 1 is 1.00 bits per heavy atom. The number of carbonyl (C=O) groups is 1. The van der Waals surface area contributed by atoms with E-state index in [-0.39, 0.29) is 11.7 Å². The molecule has 1 amide bonds. The van der Waals surface area contributed by atoms with E-state index in [0.717, 1.165) is 0 Å². The molecule has 0 saturated heterocycles. The SMILES string of the molecule is O=C(Nc1ccc(Cl)cc1)c1ccc(O)cc1. The van der Waals surface area contributed by atoms with Crippen molar-refractivity contribution in [2.24, 2.45) is 0 Å². The van der Waals surface area contributed by atoms with Gasteiger partial charge in [-0.1, -0.05) is 11.6 Å². The summed E-state index contributed by atoms with van der Waals surface area (Å²) in [4.78, 5) is 11.8. The largest absolute Gasteiger partial charge is 0.508 e. The number of benzene rings is 2. The van der Waals surface area contributed by atoms with Gasteiger partial charge in [-0.15, -0.1) is 0 Å². The smallest absolute Gasteiger partial charge is 0.255 e. The summed E-state index contributed by atoms with van der Waals surface area (Å²) in [6.07, 6.45) is 0. The minimum atomic E-state index is -0.229. The maximum atomic E-state index is 11.8. The van der Waals surface area contributed by atoms with E-state index < -0.39 is 0 Å². The first-order valence-corrected chi connectivity index (χ1v) is 5.39. The third-order valence-corrected chi connectivity index (χ3v) is 2.48. The second-order valence-corrected chi connectivity index (χ2v) is 3.94. The van der Waals surface area contributed by atoms with Crippen molar-refractivity contribution in [1.29, 1.82) is 0 Å². The molecule has 0 heterocycles. The number of nitrogens with one attached hydrogen (secondary N) is 1. The third-order valence-electron chi connectivity index (χ3n) is 2.23. The fraction of sp³-hybridized carbons (Fsp3) is 0. The van der Waals surface area contributed by atoms with E-state index in [4.69, 9.17) is 16.7 Å². The molecule has 0 unspecified atom stereocenters. The average molecular weight is 248 g/mol. The van der Waals surface area contributed by atoms with Gasteiger partial charge in [-0.25, -0.2) is 0 Å². The van der Waals surface area contributed by atoms with Gasteiger partial charge in [0.15, 0.2) is 0 Å². The van der Waals surface area contributed by atoms with Gasteiger partial charge in [-0.05, 0) is 48.5 Å². The van der Waals surface area contributed by atoms with Crippen molar-refractivity contribution in [2.45, 2.75) is 0 Å². The van der Waals surface area contributed by atoms with Crippen LogP contribution in [0.25, 0.3) is 0 Å². The number of rotatable bonds is 2. The van der Waals surface area contributed by atoms with Crippen molar-refractivity contribution in [3.63, 3.8) is 0 Å². The maximum absolute atomic E-state index is 11.8. The summed E-state index contributed by atoms with van der Waals surface area (Å²) in [5.74, 6) is -0.0969. The Bertz CT molecular complexity index is 520. The quantitative estimate of drug-likeness (QED) is 0.856. The van der Waals surface area contributed by atoms with Gasteiger partial charge in [0.1, 0.15) is 5.75 Å². The highest BCUT2D eigenvalue weighted by Gasteiger charge is 2.05. The Kier molecular flexibility index (Phi) is 3.30. The van der Waals surface area contributed by atoms with Gasteiger partial charge in [0.05, 0.1) is 0 Å². The minimum absolute atomic E-state index is 0.132. The summed E-state index contributed by atoms with van der Waals surface area (Å²) >= 11 is 5.74. The fourth-order valence-electron chi connectivity index (χ4n) is 1.35. The van der Waals surface area contributed by atoms with Crippen LogP contribution in [-0.2, 0) is 0 Å². The first-order valence-electron chi connectivity index (χ1n) is 5.01. The zero-order chi connectivity index (χ0) is 12.3. The molecular weight excluding hydrogens is 238 g/mol. The number of halogens is 1. The first-order chi connectivity index (χ1) is 8.15. The van der Waals surface area contributed by atoms with Gasteiger partial charge in [-0.3, -0.25) is 4.79 Å². The number of hydrogen-bond acceptors (Lipinski definition) is 2. The van der Waals surface area contributed by atoms with Gasteiger partial charge in [0.2, 0.25) is 0 Å². The van der Waals surface area contributed by atoms with Gasteiger partial charge < -0.3 is 10.4 Å². The molecule has 17 heavy (non-hydrogen) atoms. The van der Waals surface area contributed by atoms with Crippen LogP contribution in [0.1, 0.15) is 10.4 Å². The molecule has 0 fully saturated rings. The lowest BCUT2D eigenvalue weighted by Crippen LogP contribution is -2.11. The van der Waals surface area contributed by atoms with Crippen LogP contribution in [0.4, 0.5) is 5.69 Å². The van der Waals surface area contributed by atoms with E-state index in [0.29, 0.717) is 16.3 Å². The summed E-state index contributed by atoms with van der Waals surface area (Å²) in [6.45, 7) is 0. The summed E-state index contributed by atoms with van der Waals surface area (Å²) in [7, 11) is 0. The second-order valence-electron chi connectivity index (χ2n) is 3.51. The highest BCUT2D eigenvalue weighted by Crippen LogP contribution is 2.15. The average Bonchev–Trinajstić information content (AvgIpc) is 2.33. The number of anilines is 1. The number of carbonyl (C=O) groups excluding carboxylic acids is 1. The lowest BCUT2D eigenvalue weighted by atomic mass is 10.2. The predicted octanol–water partition coefficient (Wildman–Crippen LogP) is 3.30. The minimum Gasteiger partial charge on any atom is -0.508 e. The van der Waals surface area contributed by atoms with Gasteiger partial charge in [-0.2, -0.15) is 0 Å². The number of phenols is 1. The Morgan fingerprint density at radius 2 is 1.59 bits per heavy atom. The van der Waals surface area contributed by atoms with Crippen LogP contribution in [0.15, 0.2) is 48.5 Å². The van der Waals surface area contributed by atoms with Crippen LogP contribution in [-0.4, -0.2) is 11.0 Å². The third kappa shape index (κ3) is 2.98. The number of amides is 1. The van der Waals surface area contributed by atoms with Crippen LogP contribution in [0.5, 0.6) is 5.75 Å². The molecule has 0 atom stereocenters. The van der Waals surface area contributed by atoms with Crippen LogP contribution in [0.3, 0.4) is 0 Å². The van der Waals surface area contributed by atoms with Crippen molar-refractivity contribution in [1.82, 2.24) is 0 Å². The summed E-state index contributed by atoms with van der Waals surface area (Å²) in [5.41, 5.74) is 1.16. The summed E-state index contributed by atoms with van der Waals surface area (Å²) < 4.78 is 0. The van der Waals surface area contributed by atoms with E-state index in [1.54, 1.807) is 36.4 Å². The van der Waals surface area contributed by atoms with Crippen molar-refractivity contribution in [2.75, 3.05) is 5.32 Å². The van der Waals surface area contributed by atoms with Crippen molar-refractivity contribution in [3.8, 4) is 5.75 Å². The molecule has 0 aromatic heterocycles. The summed E-state index contributed by atoms with van der Waals surface area (Å²) in [5, 5.41) is 12.5. The predicted molar refractivity (Wildman–Crippen MR) is 67.5 cm³/mol. The van der Waals surface area contributed by atoms with Crippen LogP contribution < -0.4 is 5.32 Å². The Labute approximate surface area is 104 Å². The molecule has 0 bridgehead atoms. The van der Waals surface area contributed by atoms with E-state index >= 15 is 0 Å². The maximum Gasteiger partial charge on any atom is 0.255 e. The highest BCUT2D eigenvalue weighted by molar-refractivity contribution is 6.30. The molecule has 0 aliphatic carbocycles. The van der Waals surface area contributed by atoms with E-state index in [9.17, 15) is 4.79 Å². The van der Waals surface area contributed by atoms with Crippen LogP contribution in [0, 0.1) is 0 Å². The number of phenolic OH excluding ortho intramolecular Hbond substituents is 1. The lowest BCUT2D eigenvalue weighted by Gasteiger charge is -2.05. The molecule has 0 aliphatic heterocycles. The van der Waals surface area contributed by atoms with Gasteiger partial charge >= 0.3 is 0 Å². The molecule has 2 aromatic rings. The van der Waals surface area contributed by atoms with Crippen LogP contribution >= 0.6 is 11.6 Å². The molecule has 0 radical (unpaired) electrons. The monoisotopic (exact) mass is 247 g/mol. The Hall–Kier alpha value is -2.00. The first kappa shape index (κ1) is 11.5. The molecule has 0 aliphatic rings. The highest BCUT2D eigenvalue weighted by atomic mass is 35.5. The summed E-state index contributed by atoms with van der Waals surface area (Å²) in [6, 6.07) is 12.9. The number of hydrogen-bond donors (Lipinski definition) is 2. The molecule has 0 saturated carbocycles. The Balaban J connectivity index is 2.11. The van der Waals surface area contributed by atoms with E-state index in [2.05, 4.69) is 5.32 Å².